The van der Waals surface area contributed by atoms with Crippen LogP contribution in [0.3, 0.4) is 0 Å². The molecular weight excluding hydrogens is 336 g/mol. The van der Waals surface area contributed by atoms with Crippen molar-refractivity contribution in [1.82, 2.24) is 20.3 Å². The van der Waals surface area contributed by atoms with Crippen molar-refractivity contribution in [3.8, 4) is 11.4 Å². The molecule has 1 heterocycles. The van der Waals surface area contributed by atoms with E-state index < -0.39 is 23.8 Å². The zero-order valence-corrected chi connectivity index (χ0v) is 15.6. The molecule has 26 heavy (non-hydrogen) atoms. The van der Waals surface area contributed by atoms with E-state index in [9.17, 15) is 9.59 Å². The lowest BCUT2D eigenvalue weighted by Gasteiger charge is -2.17. The molecule has 0 aliphatic carbocycles. The van der Waals surface area contributed by atoms with Crippen LogP contribution in [0.25, 0.3) is 5.69 Å². The third kappa shape index (κ3) is 4.38. The van der Waals surface area contributed by atoms with Crippen LogP contribution >= 0.6 is 0 Å². The number of aromatic nitrogens is 3. The van der Waals surface area contributed by atoms with Crippen LogP contribution < -0.4 is 10.1 Å². The molecule has 2 rings (SSSR count). The van der Waals surface area contributed by atoms with Crippen LogP contribution in [0.1, 0.15) is 43.9 Å². The highest BCUT2D eigenvalue weighted by Crippen LogP contribution is 2.18. The SMILES string of the molecule is Cc1c(C(=O)NC(C)C(C)C(=O)O)nnn1-c1ccc(OC(C)C)cc1. The van der Waals surface area contributed by atoms with Crippen LogP contribution in [0.4, 0.5) is 0 Å². The number of carbonyl (C=O) groups excluding carboxylic acids is 1. The molecule has 8 heteroatoms. The molecule has 140 valence electrons. The number of carbonyl (C=O) groups is 2. The van der Waals surface area contributed by atoms with E-state index in [0.29, 0.717) is 5.69 Å². The van der Waals surface area contributed by atoms with Crippen LogP contribution in [-0.2, 0) is 4.79 Å². The number of nitrogens with zero attached hydrogens (tertiary/aromatic N) is 3. The minimum atomic E-state index is -0.970. The number of hydrogen-bond acceptors (Lipinski definition) is 5. The summed E-state index contributed by atoms with van der Waals surface area (Å²) in [5.41, 5.74) is 1.48. The topological polar surface area (TPSA) is 106 Å². The quantitative estimate of drug-likeness (QED) is 0.784. The average Bonchev–Trinajstić information content (AvgIpc) is 2.95. The molecule has 0 radical (unpaired) electrons. The number of carboxylic acids is 1. The molecule has 1 aromatic heterocycles. The van der Waals surface area contributed by atoms with E-state index >= 15 is 0 Å². The maximum absolute atomic E-state index is 12.4. The van der Waals surface area contributed by atoms with Crippen molar-refractivity contribution in [2.24, 2.45) is 5.92 Å². The summed E-state index contributed by atoms with van der Waals surface area (Å²) in [6.07, 6.45) is 0.0828. The first-order valence-electron chi connectivity index (χ1n) is 8.43. The monoisotopic (exact) mass is 360 g/mol. The molecule has 8 nitrogen and oxygen atoms in total. The summed E-state index contributed by atoms with van der Waals surface area (Å²) in [6, 6.07) is 6.78. The smallest absolute Gasteiger partial charge is 0.308 e. The number of benzene rings is 1. The van der Waals surface area contributed by atoms with Gasteiger partial charge in [-0.1, -0.05) is 5.21 Å². The second-order valence-corrected chi connectivity index (χ2v) is 6.48. The molecule has 2 atom stereocenters. The molecule has 0 fully saturated rings. The summed E-state index contributed by atoms with van der Waals surface area (Å²) in [6.45, 7) is 8.82. The van der Waals surface area contributed by atoms with Crippen LogP contribution in [0, 0.1) is 12.8 Å². The van der Waals surface area contributed by atoms with Gasteiger partial charge in [-0.05, 0) is 58.9 Å². The number of carboxylic acid groups (broad SMARTS) is 1. The van der Waals surface area contributed by atoms with Crippen LogP contribution in [0.5, 0.6) is 5.75 Å². The highest BCUT2D eigenvalue weighted by atomic mass is 16.5. The van der Waals surface area contributed by atoms with Gasteiger partial charge in [0.15, 0.2) is 5.69 Å². The lowest BCUT2D eigenvalue weighted by atomic mass is 10.0. The Balaban J connectivity index is 2.16. The Morgan fingerprint density at radius 3 is 2.31 bits per heavy atom. The van der Waals surface area contributed by atoms with Crippen molar-refractivity contribution in [2.45, 2.75) is 46.8 Å². The summed E-state index contributed by atoms with van der Waals surface area (Å²) < 4.78 is 7.16. The molecule has 2 aromatic rings. The molecule has 0 aliphatic heterocycles. The number of nitrogens with one attached hydrogen (secondary N) is 1. The first-order chi connectivity index (χ1) is 12.2. The van der Waals surface area contributed by atoms with E-state index in [-0.39, 0.29) is 11.8 Å². The molecule has 0 aliphatic rings. The molecular formula is C18H24N4O4. The van der Waals surface area contributed by atoms with E-state index in [1.54, 1.807) is 18.5 Å². The van der Waals surface area contributed by atoms with Crippen molar-refractivity contribution in [3.05, 3.63) is 35.7 Å². The molecule has 0 saturated carbocycles. The van der Waals surface area contributed by atoms with Gasteiger partial charge in [-0.25, -0.2) is 4.68 Å². The fourth-order valence-corrected chi connectivity index (χ4v) is 2.34. The van der Waals surface area contributed by atoms with Gasteiger partial charge in [0.2, 0.25) is 0 Å². The molecule has 1 amide bonds. The zero-order chi connectivity index (χ0) is 19.4. The summed E-state index contributed by atoms with van der Waals surface area (Å²) in [4.78, 5) is 23.4. The Morgan fingerprint density at radius 2 is 1.77 bits per heavy atom. The number of hydrogen-bond donors (Lipinski definition) is 2. The van der Waals surface area contributed by atoms with Crippen molar-refractivity contribution < 1.29 is 19.4 Å². The van der Waals surface area contributed by atoms with Crippen molar-refractivity contribution in [2.75, 3.05) is 0 Å². The van der Waals surface area contributed by atoms with Gasteiger partial charge in [0.05, 0.1) is 23.4 Å². The number of amides is 1. The Labute approximate surface area is 152 Å². The van der Waals surface area contributed by atoms with Crippen LogP contribution in [-0.4, -0.2) is 44.1 Å². The highest BCUT2D eigenvalue weighted by Gasteiger charge is 2.24. The standard InChI is InChI=1S/C18H24N4O4/c1-10(2)26-15-8-6-14(7-9-15)22-13(5)16(20-21-22)17(23)19-12(4)11(3)18(24)25/h6-12H,1-5H3,(H,19,23)(H,24,25). The Hall–Kier alpha value is -2.90. The third-order valence-corrected chi connectivity index (χ3v) is 4.06. The number of ether oxygens (including phenoxy) is 1. The van der Waals surface area contributed by atoms with E-state index in [2.05, 4.69) is 15.6 Å². The summed E-state index contributed by atoms with van der Waals surface area (Å²) in [5.74, 6) is -1.38. The predicted molar refractivity (Wildman–Crippen MR) is 95.6 cm³/mol. The normalized spacial score (nSPS) is 13.3. The zero-order valence-electron chi connectivity index (χ0n) is 15.6. The Kier molecular flexibility index (Phi) is 5.97. The summed E-state index contributed by atoms with van der Waals surface area (Å²) >= 11 is 0. The molecule has 2 unspecified atom stereocenters. The van der Waals surface area contributed by atoms with E-state index in [1.807, 2.05) is 38.1 Å². The van der Waals surface area contributed by atoms with Gasteiger partial charge >= 0.3 is 5.97 Å². The van der Waals surface area contributed by atoms with Gasteiger partial charge in [-0.2, -0.15) is 0 Å². The summed E-state index contributed by atoms with van der Waals surface area (Å²) in [7, 11) is 0. The fourth-order valence-electron chi connectivity index (χ4n) is 2.34. The van der Waals surface area contributed by atoms with Crippen LogP contribution in [0.2, 0.25) is 0 Å². The summed E-state index contributed by atoms with van der Waals surface area (Å²) in [5, 5.41) is 19.7. The minimum absolute atomic E-state index is 0.0828. The molecule has 1 aromatic carbocycles. The van der Waals surface area contributed by atoms with Gasteiger partial charge < -0.3 is 15.2 Å². The maximum atomic E-state index is 12.4. The average molecular weight is 360 g/mol. The molecule has 0 spiro atoms. The first kappa shape index (κ1) is 19.4. The third-order valence-electron chi connectivity index (χ3n) is 4.06. The van der Waals surface area contributed by atoms with Gasteiger partial charge in [0.1, 0.15) is 5.75 Å². The van der Waals surface area contributed by atoms with Crippen molar-refractivity contribution in [1.29, 1.82) is 0 Å². The molecule has 0 bridgehead atoms. The van der Waals surface area contributed by atoms with Crippen molar-refractivity contribution in [3.63, 3.8) is 0 Å². The van der Waals surface area contributed by atoms with Gasteiger partial charge in [-0.15, -0.1) is 5.10 Å². The Morgan fingerprint density at radius 1 is 1.15 bits per heavy atom. The Bertz CT molecular complexity index is 783. The lowest BCUT2D eigenvalue weighted by molar-refractivity contribution is -0.141. The van der Waals surface area contributed by atoms with Gasteiger partial charge in [0, 0.05) is 6.04 Å². The van der Waals surface area contributed by atoms with E-state index in [4.69, 9.17) is 9.84 Å². The second-order valence-electron chi connectivity index (χ2n) is 6.48. The first-order valence-corrected chi connectivity index (χ1v) is 8.43. The van der Waals surface area contributed by atoms with Gasteiger partial charge in [-0.3, -0.25) is 9.59 Å². The number of rotatable bonds is 7. The number of aliphatic carboxylic acids is 1. The van der Waals surface area contributed by atoms with E-state index in [1.165, 1.54) is 6.92 Å². The highest BCUT2D eigenvalue weighted by molar-refractivity contribution is 5.93. The van der Waals surface area contributed by atoms with Gasteiger partial charge in [0.25, 0.3) is 5.91 Å². The fraction of sp³-hybridized carbons (Fsp3) is 0.444. The van der Waals surface area contributed by atoms with Crippen LogP contribution in [0.15, 0.2) is 24.3 Å². The lowest BCUT2D eigenvalue weighted by Crippen LogP contribution is -2.40. The minimum Gasteiger partial charge on any atom is -0.491 e. The van der Waals surface area contributed by atoms with Crippen molar-refractivity contribution >= 4 is 11.9 Å². The molecule has 2 N–H and O–H groups in total. The second kappa shape index (κ2) is 7.99. The largest absolute Gasteiger partial charge is 0.491 e. The maximum Gasteiger partial charge on any atom is 0.308 e. The van der Waals surface area contributed by atoms with E-state index in [0.717, 1.165) is 11.4 Å². The molecule has 0 saturated heterocycles. The predicted octanol–water partition coefficient (Wildman–Crippen LogP) is 2.20.